The normalized spacial score (nSPS) is 23.5. The number of benzene rings is 4. The van der Waals surface area contributed by atoms with Crippen molar-refractivity contribution in [1.82, 2.24) is 20.3 Å². The molecule has 80 heavy (non-hydrogen) atoms. The predicted octanol–water partition coefficient (Wildman–Crippen LogP) is 3.43. The second kappa shape index (κ2) is 23.4. The van der Waals surface area contributed by atoms with E-state index in [9.17, 15) is 65.1 Å². The van der Waals surface area contributed by atoms with Crippen molar-refractivity contribution in [3.8, 4) is 51.3 Å². The van der Waals surface area contributed by atoms with Crippen LogP contribution >= 0.6 is 11.3 Å². The maximum atomic E-state index is 14.5. The first-order valence-electron chi connectivity index (χ1n) is 24.8. The number of nitrogens with zero attached hydrogens (tertiary/aromatic N) is 4. The Morgan fingerprint density at radius 1 is 0.800 bits per heavy atom. The SMILES string of the molecule is CC1OC(OCC2OC(Oc3c(-c4ccc(O)c(O)c4)oc4cc(O)cc(O)c4c3=O)C(O)C(O)C2O)C(O)C(O)C1OCC(=O)Nc1ccc(N(C(=O)n2cc(-c3ccccc3)nn2)[C@H](C(=O)NC(C)(C)C)c2ccsc2)cc1. The molecule has 2 aliphatic heterocycles. The van der Waals surface area contributed by atoms with Crippen LogP contribution in [-0.2, 0) is 28.5 Å². The van der Waals surface area contributed by atoms with Crippen LogP contribution in [0.15, 0.2) is 117 Å². The molecule has 3 amide bonds. The molecule has 3 aromatic heterocycles. The summed E-state index contributed by atoms with van der Waals surface area (Å²) in [7, 11) is 0. The van der Waals surface area contributed by atoms with Gasteiger partial charge in [0, 0.05) is 40.2 Å². The molecule has 2 fully saturated rings. The highest BCUT2D eigenvalue weighted by Gasteiger charge is 2.49. The molecule has 2 saturated heterocycles. The molecule has 0 bridgehead atoms. The van der Waals surface area contributed by atoms with Gasteiger partial charge in [0.25, 0.3) is 0 Å². The van der Waals surface area contributed by atoms with Crippen LogP contribution in [0.25, 0.3) is 33.6 Å². The van der Waals surface area contributed by atoms with Crippen molar-refractivity contribution in [2.24, 2.45) is 0 Å². The van der Waals surface area contributed by atoms with Crippen LogP contribution in [0.5, 0.6) is 28.7 Å². The number of aromatic nitrogens is 3. The smallest absolute Gasteiger partial charge is 0.351 e. The van der Waals surface area contributed by atoms with Crippen LogP contribution in [-0.4, -0.2) is 159 Å². The Kier molecular flexibility index (Phi) is 16.6. The molecule has 11 N–H and O–H groups in total. The van der Waals surface area contributed by atoms with E-state index in [-0.39, 0.29) is 22.5 Å². The Bertz CT molecular complexity index is 3410. The zero-order valence-electron chi connectivity index (χ0n) is 43.0. The van der Waals surface area contributed by atoms with Gasteiger partial charge in [-0.3, -0.25) is 19.3 Å². The number of anilines is 2. The fourth-order valence-electron chi connectivity index (χ4n) is 9.00. The lowest BCUT2D eigenvalue weighted by Crippen LogP contribution is -2.62. The standard InChI is InChI=1S/C54H56N6O19S/c1-25-47(74-23-38(65)55-29-11-13-30(14-12-29)60(40(28-16-17-80-24-28)50(72)56-54(2,3)4)53(73)59-21-32(57-58-59)26-8-6-5-7-9-26)44(69)46(71)51(76-25)75-22-37-41(66)43(68)45(70)52(78-37)79-49-42(67)39-35(64)19-31(61)20-36(39)77-48(49)27-10-15-33(62)34(63)18-27/h5-21,24-25,37,40-41,43-47,51-52,61-64,66,68-71H,22-23H2,1-4H3,(H,55,65)(H,56,72)/t25?,37?,40-,41?,43?,44?,45?,46?,47?,51?,52?/m0/s1. The largest absolute Gasteiger partial charge is 0.508 e. The fourth-order valence-corrected chi connectivity index (χ4v) is 9.68. The predicted molar refractivity (Wildman–Crippen MR) is 283 cm³/mol. The summed E-state index contributed by atoms with van der Waals surface area (Å²) < 4.78 is 35.7. The van der Waals surface area contributed by atoms with Gasteiger partial charge in [-0.1, -0.05) is 35.5 Å². The summed E-state index contributed by atoms with van der Waals surface area (Å²) in [5, 5.41) is 113. The van der Waals surface area contributed by atoms with Crippen molar-refractivity contribution >= 4 is 51.5 Å². The van der Waals surface area contributed by atoms with Crippen LogP contribution < -0.4 is 25.7 Å². The number of carbonyl (C=O) groups is 3. The Morgan fingerprint density at radius 3 is 2.21 bits per heavy atom. The molecule has 2 aliphatic rings. The molecule has 25 nitrogen and oxygen atoms in total. The van der Waals surface area contributed by atoms with E-state index in [1.807, 2.05) is 51.1 Å². The van der Waals surface area contributed by atoms with Gasteiger partial charge in [-0.05, 0) is 92.5 Å². The number of amides is 3. The van der Waals surface area contributed by atoms with Crippen LogP contribution in [0, 0.1) is 0 Å². The summed E-state index contributed by atoms with van der Waals surface area (Å²) in [6.07, 6.45) is -15.6. The number of phenolic OH excluding ortho intramolecular Hbond substituents is 4. The molecule has 5 heterocycles. The molecule has 0 aliphatic carbocycles. The van der Waals surface area contributed by atoms with Gasteiger partial charge < -0.3 is 84.7 Å². The van der Waals surface area contributed by atoms with Crippen molar-refractivity contribution in [3.05, 3.63) is 124 Å². The number of aliphatic hydroxyl groups excluding tert-OH is 5. The number of hydrogen-bond donors (Lipinski definition) is 11. The minimum Gasteiger partial charge on any atom is -0.508 e. The number of thiophene rings is 1. The van der Waals surface area contributed by atoms with Crippen LogP contribution in [0.4, 0.5) is 16.2 Å². The number of nitrogens with one attached hydrogen (secondary N) is 2. The lowest BCUT2D eigenvalue weighted by molar-refractivity contribution is -0.321. The van der Waals surface area contributed by atoms with Crippen LogP contribution in [0.1, 0.15) is 39.3 Å². The average Bonchev–Trinajstić information content (AvgIpc) is 4.17. The summed E-state index contributed by atoms with van der Waals surface area (Å²) in [5.41, 5.74) is 0.0406. The number of fused-ring (bicyclic) bond motifs is 1. The Morgan fingerprint density at radius 2 is 1.52 bits per heavy atom. The van der Waals surface area contributed by atoms with Crippen molar-refractivity contribution in [2.45, 2.75) is 101 Å². The van der Waals surface area contributed by atoms with E-state index < -0.39 is 149 Å². The highest BCUT2D eigenvalue weighted by molar-refractivity contribution is 7.08. The highest BCUT2D eigenvalue weighted by Crippen LogP contribution is 2.40. The maximum absolute atomic E-state index is 14.5. The number of ether oxygens (including phenoxy) is 5. The fraction of sp³-hybridized carbons (Fsp3) is 0.333. The summed E-state index contributed by atoms with van der Waals surface area (Å²) in [5.74, 6) is -4.72. The van der Waals surface area contributed by atoms with E-state index in [1.54, 1.807) is 16.8 Å². The molecule has 9 rings (SSSR count). The first-order valence-corrected chi connectivity index (χ1v) is 25.7. The third-order valence-electron chi connectivity index (χ3n) is 12.9. The molecule has 10 unspecified atom stereocenters. The Hall–Kier alpha value is -8.02. The van der Waals surface area contributed by atoms with Crippen molar-refractivity contribution < 1.29 is 88.4 Å². The first kappa shape index (κ1) is 56.7. The van der Waals surface area contributed by atoms with E-state index in [1.165, 1.54) is 59.7 Å². The molecular formula is C54H56N6O19S. The van der Waals surface area contributed by atoms with Gasteiger partial charge >= 0.3 is 6.03 Å². The number of hydrogen-bond acceptors (Lipinski definition) is 22. The quantitative estimate of drug-likeness (QED) is 0.0655. The van der Waals surface area contributed by atoms with Crippen molar-refractivity contribution in [3.63, 3.8) is 0 Å². The molecule has 7 aromatic rings. The second-order valence-corrected chi connectivity index (χ2v) is 20.7. The molecule has 4 aromatic carbocycles. The average molecular weight is 1130 g/mol. The number of aromatic hydroxyl groups is 4. The van der Waals surface area contributed by atoms with E-state index >= 15 is 0 Å². The van der Waals surface area contributed by atoms with Crippen molar-refractivity contribution in [2.75, 3.05) is 23.4 Å². The topological polar surface area (TPSA) is 368 Å². The molecule has 11 atom stereocenters. The third-order valence-corrected chi connectivity index (χ3v) is 13.6. The van der Waals surface area contributed by atoms with Gasteiger partial charge in [0.05, 0.1) is 18.9 Å². The molecule has 26 heteroatoms. The minimum atomic E-state index is -2.05. The van der Waals surface area contributed by atoms with E-state index in [4.69, 9.17) is 28.1 Å². The number of carbonyl (C=O) groups excluding carboxylic acids is 3. The van der Waals surface area contributed by atoms with Gasteiger partial charge in [0.1, 0.15) is 83.5 Å². The third kappa shape index (κ3) is 12.1. The van der Waals surface area contributed by atoms with Gasteiger partial charge in [0.15, 0.2) is 23.5 Å². The van der Waals surface area contributed by atoms with E-state index in [0.29, 0.717) is 16.8 Å². The lowest BCUT2D eigenvalue weighted by Gasteiger charge is -2.43. The second-order valence-electron chi connectivity index (χ2n) is 19.9. The molecular weight excluding hydrogens is 1070 g/mol. The first-order chi connectivity index (χ1) is 38.1. The number of phenols is 4. The lowest BCUT2D eigenvalue weighted by atomic mass is 9.98. The van der Waals surface area contributed by atoms with Gasteiger partial charge in [0.2, 0.25) is 29.3 Å². The Labute approximate surface area is 458 Å². The summed E-state index contributed by atoms with van der Waals surface area (Å²) >= 11 is 1.34. The zero-order chi connectivity index (χ0) is 57.3. The van der Waals surface area contributed by atoms with Crippen molar-refractivity contribution in [1.29, 1.82) is 0 Å². The molecule has 0 saturated carbocycles. The molecule has 0 spiro atoms. The number of aliphatic hydroxyl groups is 5. The molecule has 0 radical (unpaired) electrons. The Balaban J connectivity index is 0.845. The number of rotatable bonds is 15. The molecule has 422 valence electrons. The van der Waals surface area contributed by atoms with Crippen LogP contribution in [0.3, 0.4) is 0 Å². The minimum absolute atomic E-state index is 0.0716. The monoisotopic (exact) mass is 1120 g/mol. The zero-order valence-corrected chi connectivity index (χ0v) is 43.8. The van der Waals surface area contributed by atoms with Gasteiger partial charge in [-0.25, -0.2) is 4.79 Å². The highest BCUT2D eigenvalue weighted by atomic mass is 32.1. The summed E-state index contributed by atoms with van der Waals surface area (Å²) in [4.78, 5) is 57.1. The summed E-state index contributed by atoms with van der Waals surface area (Å²) in [6, 6.07) is 20.2. The van der Waals surface area contributed by atoms with Gasteiger partial charge in [-0.2, -0.15) is 16.0 Å². The van der Waals surface area contributed by atoms with Gasteiger partial charge in [-0.15, -0.1) is 5.10 Å². The maximum Gasteiger partial charge on any atom is 0.351 e. The van der Waals surface area contributed by atoms with Crippen LogP contribution in [0.2, 0.25) is 0 Å². The van der Waals surface area contributed by atoms with E-state index in [0.717, 1.165) is 28.9 Å². The van der Waals surface area contributed by atoms with E-state index in [2.05, 4.69) is 20.9 Å². The summed E-state index contributed by atoms with van der Waals surface area (Å²) in [6.45, 7) is 5.55.